The SMILES string of the molecule is Cc1nc(Cl)nc(NCc2ccc(C(F)(F)F)cc2)c1N. The molecule has 3 N–H and O–H groups in total. The molecule has 1 heterocycles. The van der Waals surface area contributed by atoms with Crippen LogP contribution in [0.3, 0.4) is 0 Å². The van der Waals surface area contributed by atoms with Crippen LogP contribution >= 0.6 is 11.6 Å². The number of halogens is 4. The molecule has 0 bridgehead atoms. The fraction of sp³-hybridized carbons (Fsp3) is 0.231. The van der Waals surface area contributed by atoms with Gasteiger partial charge < -0.3 is 11.1 Å². The highest BCUT2D eigenvalue weighted by atomic mass is 35.5. The molecule has 0 radical (unpaired) electrons. The molecule has 0 saturated heterocycles. The third-order valence-corrected chi connectivity index (χ3v) is 3.02. The Bertz CT molecular complexity index is 641. The van der Waals surface area contributed by atoms with E-state index in [1.54, 1.807) is 6.92 Å². The van der Waals surface area contributed by atoms with E-state index in [1.165, 1.54) is 12.1 Å². The number of benzene rings is 1. The first-order chi connectivity index (χ1) is 9.77. The van der Waals surface area contributed by atoms with Crippen LogP contribution in [0, 0.1) is 6.92 Å². The number of anilines is 2. The van der Waals surface area contributed by atoms with E-state index in [1.807, 2.05) is 0 Å². The normalized spacial score (nSPS) is 11.5. The van der Waals surface area contributed by atoms with Crippen LogP contribution in [-0.2, 0) is 12.7 Å². The first-order valence-electron chi connectivity index (χ1n) is 5.97. The van der Waals surface area contributed by atoms with E-state index in [9.17, 15) is 13.2 Å². The number of alkyl halides is 3. The van der Waals surface area contributed by atoms with Crippen LogP contribution in [0.25, 0.3) is 0 Å². The van der Waals surface area contributed by atoms with E-state index in [4.69, 9.17) is 17.3 Å². The first-order valence-corrected chi connectivity index (χ1v) is 6.35. The molecule has 2 aromatic rings. The Morgan fingerprint density at radius 3 is 2.38 bits per heavy atom. The molecule has 112 valence electrons. The third kappa shape index (κ3) is 3.75. The quantitative estimate of drug-likeness (QED) is 0.848. The van der Waals surface area contributed by atoms with Crippen molar-refractivity contribution in [1.82, 2.24) is 9.97 Å². The minimum Gasteiger partial charge on any atom is -0.394 e. The van der Waals surface area contributed by atoms with E-state index < -0.39 is 11.7 Å². The molecule has 21 heavy (non-hydrogen) atoms. The van der Waals surface area contributed by atoms with Crippen molar-refractivity contribution < 1.29 is 13.2 Å². The number of aromatic nitrogens is 2. The Balaban J connectivity index is 2.10. The highest BCUT2D eigenvalue weighted by Crippen LogP contribution is 2.29. The van der Waals surface area contributed by atoms with Gasteiger partial charge in [-0.1, -0.05) is 12.1 Å². The molecule has 0 unspecified atom stereocenters. The minimum atomic E-state index is -4.34. The lowest BCUT2D eigenvalue weighted by molar-refractivity contribution is -0.137. The Morgan fingerprint density at radius 2 is 1.81 bits per heavy atom. The number of aryl methyl sites for hydroxylation is 1. The summed E-state index contributed by atoms with van der Waals surface area (Å²) in [5.74, 6) is 0.354. The van der Waals surface area contributed by atoms with E-state index >= 15 is 0 Å². The maximum atomic E-state index is 12.4. The van der Waals surface area contributed by atoms with Crippen molar-refractivity contribution in [3.05, 3.63) is 46.4 Å². The van der Waals surface area contributed by atoms with Crippen molar-refractivity contribution >= 4 is 23.1 Å². The molecule has 0 saturated carbocycles. The number of hydrogen-bond acceptors (Lipinski definition) is 4. The van der Waals surface area contributed by atoms with Gasteiger partial charge in [-0.3, -0.25) is 0 Å². The molecule has 0 aliphatic rings. The van der Waals surface area contributed by atoms with Crippen LogP contribution in [-0.4, -0.2) is 9.97 Å². The summed E-state index contributed by atoms with van der Waals surface area (Å²) in [7, 11) is 0. The lowest BCUT2D eigenvalue weighted by Gasteiger charge is -2.11. The number of nitrogens with two attached hydrogens (primary N) is 1. The summed E-state index contributed by atoms with van der Waals surface area (Å²) in [6.07, 6.45) is -4.34. The van der Waals surface area contributed by atoms with Crippen LogP contribution in [0.2, 0.25) is 5.28 Å². The van der Waals surface area contributed by atoms with Gasteiger partial charge in [-0.25, -0.2) is 4.98 Å². The summed E-state index contributed by atoms with van der Waals surface area (Å²) >= 11 is 5.73. The van der Waals surface area contributed by atoms with Gasteiger partial charge in [-0.2, -0.15) is 18.2 Å². The number of nitrogen functional groups attached to an aromatic ring is 1. The second-order valence-electron chi connectivity index (χ2n) is 4.39. The minimum absolute atomic E-state index is 0.0524. The summed E-state index contributed by atoms with van der Waals surface area (Å²) in [6.45, 7) is 1.96. The average molecular weight is 317 g/mol. The van der Waals surface area contributed by atoms with Crippen LogP contribution < -0.4 is 11.1 Å². The van der Waals surface area contributed by atoms with Crippen LogP contribution in [0.15, 0.2) is 24.3 Å². The van der Waals surface area contributed by atoms with Gasteiger partial charge in [0.2, 0.25) is 5.28 Å². The monoisotopic (exact) mass is 316 g/mol. The molecule has 0 aliphatic heterocycles. The highest BCUT2D eigenvalue weighted by molar-refractivity contribution is 6.28. The van der Waals surface area contributed by atoms with Gasteiger partial charge >= 0.3 is 6.18 Å². The van der Waals surface area contributed by atoms with Crippen molar-refractivity contribution in [2.75, 3.05) is 11.1 Å². The summed E-state index contributed by atoms with van der Waals surface area (Å²) < 4.78 is 37.3. The summed E-state index contributed by atoms with van der Waals surface area (Å²) in [6, 6.07) is 4.83. The predicted molar refractivity (Wildman–Crippen MR) is 75.0 cm³/mol. The fourth-order valence-corrected chi connectivity index (χ4v) is 1.89. The summed E-state index contributed by atoms with van der Waals surface area (Å²) in [4.78, 5) is 7.84. The topological polar surface area (TPSA) is 63.8 Å². The molecule has 0 spiro atoms. The molecule has 0 amide bonds. The van der Waals surface area contributed by atoms with E-state index in [2.05, 4.69) is 15.3 Å². The molecule has 8 heteroatoms. The zero-order valence-corrected chi connectivity index (χ0v) is 11.8. The number of hydrogen-bond donors (Lipinski definition) is 2. The largest absolute Gasteiger partial charge is 0.416 e. The summed E-state index contributed by atoms with van der Waals surface area (Å²) in [5.41, 5.74) is 6.66. The molecular weight excluding hydrogens is 305 g/mol. The van der Waals surface area contributed by atoms with Crippen LogP contribution in [0.5, 0.6) is 0 Å². The standard InChI is InChI=1S/C13H12ClF3N4/c1-7-10(18)11(21-12(14)20-7)19-6-8-2-4-9(5-3-8)13(15,16)17/h2-5H,6,18H2,1H3,(H,19,20,21). The second kappa shape index (κ2) is 5.77. The maximum absolute atomic E-state index is 12.4. The third-order valence-electron chi connectivity index (χ3n) is 2.85. The molecule has 0 aliphatic carbocycles. The smallest absolute Gasteiger partial charge is 0.394 e. The summed E-state index contributed by atoms with van der Waals surface area (Å²) in [5, 5.41) is 2.98. The Labute approximate surface area is 124 Å². The molecule has 0 fully saturated rings. The average Bonchev–Trinajstić information content (AvgIpc) is 2.40. The van der Waals surface area contributed by atoms with Crippen molar-refractivity contribution in [3.63, 3.8) is 0 Å². The number of rotatable bonds is 3. The molecule has 1 aromatic carbocycles. The van der Waals surface area contributed by atoms with Gasteiger partial charge in [0.15, 0.2) is 5.82 Å². The Kier molecular flexibility index (Phi) is 4.22. The maximum Gasteiger partial charge on any atom is 0.416 e. The van der Waals surface area contributed by atoms with Gasteiger partial charge in [-0.15, -0.1) is 0 Å². The van der Waals surface area contributed by atoms with Crippen LogP contribution in [0.1, 0.15) is 16.8 Å². The van der Waals surface area contributed by atoms with Gasteiger partial charge in [0.1, 0.15) is 0 Å². The molecule has 0 atom stereocenters. The highest BCUT2D eigenvalue weighted by Gasteiger charge is 2.29. The van der Waals surface area contributed by atoms with E-state index in [0.717, 1.165) is 12.1 Å². The first kappa shape index (κ1) is 15.4. The lowest BCUT2D eigenvalue weighted by atomic mass is 10.1. The van der Waals surface area contributed by atoms with Crippen molar-refractivity contribution in [2.24, 2.45) is 0 Å². The van der Waals surface area contributed by atoms with Gasteiger partial charge in [0.25, 0.3) is 0 Å². The van der Waals surface area contributed by atoms with E-state index in [0.29, 0.717) is 22.8 Å². The van der Waals surface area contributed by atoms with Crippen molar-refractivity contribution in [3.8, 4) is 0 Å². The van der Waals surface area contributed by atoms with Gasteiger partial charge in [0, 0.05) is 6.54 Å². The lowest BCUT2D eigenvalue weighted by Crippen LogP contribution is -2.08. The van der Waals surface area contributed by atoms with Crippen molar-refractivity contribution in [1.29, 1.82) is 0 Å². The Hall–Kier alpha value is -2.02. The molecular formula is C13H12ClF3N4. The van der Waals surface area contributed by atoms with Crippen LogP contribution in [0.4, 0.5) is 24.7 Å². The molecule has 4 nitrogen and oxygen atoms in total. The Morgan fingerprint density at radius 1 is 1.19 bits per heavy atom. The second-order valence-corrected chi connectivity index (χ2v) is 4.73. The van der Waals surface area contributed by atoms with Crippen molar-refractivity contribution in [2.45, 2.75) is 19.6 Å². The fourth-order valence-electron chi connectivity index (χ4n) is 1.68. The zero-order chi connectivity index (χ0) is 15.6. The van der Waals surface area contributed by atoms with E-state index in [-0.39, 0.29) is 11.8 Å². The van der Waals surface area contributed by atoms with Gasteiger partial charge in [-0.05, 0) is 36.2 Å². The number of nitrogens with zero attached hydrogens (tertiary/aromatic N) is 2. The van der Waals surface area contributed by atoms with Gasteiger partial charge in [0.05, 0.1) is 16.9 Å². The predicted octanol–water partition coefficient (Wildman–Crippen LogP) is 3.65. The molecule has 1 aromatic heterocycles. The number of nitrogens with one attached hydrogen (secondary N) is 1. The zero-order valence-electron chi connectivity index (χ0n) is 11.0. The molecule has 2 rings (SSSR count).